The number of nitrogens with zero attached hydrogens (tertiary/aromatic N) is 3. The number of anilines is 2. The Morgan fingerprint density at radius 3 is 2.61 bits per heavy atom. The summed E-state index contributed by atoms with van der Waals surface area (Å²) >= 11 is 0. The summed E-state index contributed by atoms with van der Waals surface area (Å²) in [4.78, 5) is 26.6. The lowest BCUT2D eigenvalue weighted by molar-refractivity contribution is -0.258. The highest BCUT2D eigenvalue weighted by Crippen LogP contribution is 2.40. The van der Waals surface area contributed by atoms with Gasteiger partial charge in [-0.25, -0.2) is 4.79 Å². The van der Waals surface area contributed by atoms with E-state index in [9.17, 15) is 38.2 Å². The van der Waals surface area contributed by atoms with Gasteiger partial charge in [-0.3, -0.25) is 9.48 Å². The van der Waals surface area contributed by atoms with E-state index in [1.165, 1.54) is 23.0 Å². The van der Waals surface area contributed by atoms with Gasteiger partial charge in [-0.2, -0.15) is 23.5 Å². The number of carboxylic acid groups (broad SMARTS) is 1. The maximum Gasteiger partial charge on any atom is 0.421 e. The number of benzene rings is 1. The quantitative estimate of drug-likeness (QED) is 0.399. The number of carbonyl (C=O) groups is 1. The average Bonchev–Trinajstić information content (AvgIpc) is 3.19. The second kappa shape index (κ2) is 8.96. The molecule has 0 aliphatic carbocycles. The van der Waals surface area contributed by atoms with Crippen molar-refractivity contribution in [1.29, 1.82) is 5.26 Å². The summed E-state index contributed by atoms with van der Waals surface area (Å²) in [5.74, 6) is -1.03. The normalized spacial score (nSPS) is 22.1. The third-order valence-electron chi connectivity index (χ3n) is 6.42. The highest BCUT2D eigenvalue weighted by atomic mass is 19.4. The predicted molar refractivity (Wildman–Crippen MR) is 121 cm³/mol. The second-order valence-corrected chi connectivity index (χ2v) is 8.84. The van der Waals surface area contributed by atoms with Gasteiger partial charge in [-0.15, -0.1) is 0 Å². The molecule has 4 N–H and O–H groups in total. The minimum Gasteiger partial charge on any atom is -0.479 e. The number of nitriles is 1. The van der Waals surface area contributed by atoms with Crippen molar-refractivity contribution in [2.75, 3.05) is 11.9 Å². The number of aromatic nitrogens is 3. The van der Waals surface area contributed by atoms with Crippen molar-refractivity contribution < 1.29 is 32.9 Å². The summed E-state index contributed by atoms with van der Waals surface area (Å²) < 4.78 is 46.4. The molecule has 1 aromatic carbocycles. The molecule has 190 valence electrons. The van der Waals surface area contributed by atoms with Gasteiger partial charge in [0, 0.05) is 11.9 Å². The largest absolute Gasteiger partial charge is 0.479 e. The minimum absolute atomic E-state index is 0.0659. The van der Waals surface area contributed by atoms with Crippen molar-refractivity contribution >= 4 is 28.4 Å². The van der Waals surface area contributed by atoms with E-state index in [-0.39, 0.29) is 42.6 Å². The van der Waals surface area contributed by atoms with Crippen molar-refractivity contribution in [1.82, 2.24) is 14.8 Å². The molecule has 3 unspecified atom stereocenters. The number of aliphatic hydroxyl groups is 1. The lowest BCUT2D eigenvalue weighted by Crippen LogP contribution is -2.46. The van der Waals surface area contributed by atoms with Gasteiger partial charge < -0.3 is 25.3 Å². The van der Waals surface area contributed by atoms with Crippen molar-refractivity contribution in [3.05, 3.63) is 52.4 Å². The SMILES string of the molecule is CC(O)(c1ccc(Nc2nn(C3(CC#N)CCC(C(=O)O)OC3)c3cc[nH]c(=O)c23)cc1)C(F)(F)F. The van der Waals surface area contributed by atoms with Gasteiger partial charge in [0.25, 0.3) is 5.56 Å². The van der Waals surface area contributed by atoms with E-state index in [0.717, 1.165) is 12.1 Å². The van der Waals surface area contributed by atoms with Gasteiger partial charge in [0.05, 0.1) is 30.2 Å². The number of pyridine rings is 1. The second-order valence-electron chi connectivity index (χ2n) is 8.84. The van der Waals surface area contributed by atoms with Crippen molar-refractivity contribution in [2.45, 2.75) is 49.6 Å². The smallest absolute Gasteiger partial charge is 0.421 e. The van der Waals surface area contributed by atoms with Gasteiger partial charge in [0.15, 0.2) is 17.5 Å². The molecule has 2 aromatic heterocycles. The summed E-state index contributed by atoms with van der Waals surface area (Å²) in [5, 5.41) is 36.2. The third kappa shape index (κ3) is 4.29. The van der Waals surface area contributed by atoms with E-state index in [0.29, 0.717) is 18.1 Å². The van der Waals surface area contributed by atoms with E-state index >= 15 is 0 Å². The molecule has 1 aliphatic rings. The Morgan fingerprint density at radius 2 is 2.06 bits per heavy atom. The topological polar surface area (TPSA) is 153 Å². The number of halogens is 3. The van der Waals surface area contributed by atoms with Gasteiger partial charge in [0.1, 0.15) is 5.39 Å². The highest BCUT2D eigenvalue weighted by molar-refractivity contribution is 5.91. The first-order chi connectivity index (χ1) is 16.9. The van der Waals surface area contributed by atoms with Crippen LogP contribution in [0.25, 0.3) is 10.9 Å². The van der Waals surface area contributed by atoms with Crippen LogP contribution in [0.1, 0.15) is 31.7 Å². The van der Waals surface area contributed by atoms with Gasteiger partial charge in [0.2, 0.25) is 0 Å². The van der Waals surface area contributed by atoms with Gasteiger partial charge in [-0.1, -0.05) is 12.1 Å². The first kappa shape index (κ1) is 25.2. The average molecular weight is 505 g/mol. The Kier molecular flexibility index (Phi) is 6.27. The maximum atomic E-state index is 13.2. The van der Waals surface area contributed by atoms with Crippen LogP contribution in [0.2, 0.25) is 0 Å². The lowest BCUT2D eigenvalue weighted by Gasteiger charge is -2.38. The van der Waals surface area contributed by atoms with Crippen LogP contribution >= 0.6 is 0 Å². The molecule has 4 rings (SSSR count). The molecule has 3 heterocycles. The number of aromatic amines is 1. The first-order valence-corrected chi connectivity index (χ1v) is 10.9. The molecule has 3 atom stereocenters. The maximum absolute atomic E-state index is 13.2. The standard InChI is InChI=1S/C23H22F3N5O5/c1-21(35,23(24,25)26)13-2-4-14(5-3-13)29-18-17-15(7-11-28-19(17)32)31(30-18)22(9-10-27)8-6-16(20(33)34)36-12-22/h2-5,7,11,16,35H,6,8-9,12H2,1H3,(H,28,32)(H,29,30)(H,33,34). The number of nitrogens with one attached hydrogen (secondary N) is 2. The molecular weight excluding hydrogens is 483 g/mol. The Balaban J connectivity index is 1.74. The van der Waals surface area contributed by atoms with E-state index in [2.05, 4.69) is 21.5 Å². The van der Waals surface area contributed by atoms with Crippen LogP contribution < -0.4 is 10.9 Å². The van der Waals surface area contributed by atoms with Gasteiger partial charge >= 0.3 is 12.1 Å². The van der Waals surface area contributed by atoms with Crippen LogP contribution in [0.15, 0.2) is 41.3 Å². The van der Waals surface area contributed by atoms with Crippen LogP contribution in [0.5, 0.6) is 0 Å². The Morgan fingerprint density at radius 1 is 1.36 bits per heavy atom. The fraction of sp³-hybridized carbons (Fsp3) is 0.391. The molecule has 0 saturated carbocycles. The number of H-pyrrole nitrogens is 1. The number of rotatable bonds is 6. The number of hydrogen-bond donors (Lipinski definition) is 4. The Bertz CT molecular complexity index is 1380. The number of alkyl halides is 3. The van der Waals surface area contributed by atoms with Crippen molar-refractivity contribution in [3.8, 4) is 6.07 Å². The van der Waals surface area contributed by atoms with E-state index < -0.39 is 34.9 Å². The number of ether oxygens (including phenoxy) is 1. The molecule has 0 bridgehead atoms. The summed E-state index contributed by atoms with van der Waals surface area (Å²) in [5.41, 5.74) is -4.28. The van der Waals surface area contributed by atoms with Crippen LogP contribution in [0.3, 0.4) is 0 Å². The summed E-state index contributed by atoms with van der Waals surface area (Å²) in [7, 11) is 0. The van der Waals surface area contributed by atoms with Crippen LogP contribution in [0, 0.1) is 11.3 Å². The Labute approximate surface area is 201 Å². The number of fused-ring (bicyclic) bond motifs is 1. The molecule has 3 aromatic rings. The molecule has 1 aliphatic heterocycles. The summed E-state index contributed by atoms with van der Waals surface area (Å²) in [6.45, 7) is 0.529. The summed E-state index contributed by atoms with van der Waals surface area (Å²) in [6.07, 6.45) is -4.17. The summed E-state index contributed by atoms with van der Waals surface area (Å²) in [6, 6.07) is 8.50. The van der Waals surface area contributed by atoms with E-state index in [4.69, 9.17) is 4.74 Å². The minimum atomic E-state index is -4.87. The van der Waals surface area contributed by atoms with Crippen LogP contribution in [-0.2, 0) is 20.7 Å². The zero-order chi connectivity index (χ0) is 26.3. The number of hydrogen-bond acceptors (Lipinski definition) is 7. The van der Waals surface area contributed by atoms with Crippen LogP contribution in [-0.4, -0.2) is 49.8 Å². The van der Waals surface area contributed by atoms with Gasteiger partial charge in [-0.05, 0) is 43.5 Å². The molecule has 36 heavy (non-hydrogen) atoms. The molecule has 0 radical (unpaired) electrons. The van der Waals surface area contributed by atoms with Crippen LogP contribution in [0.4, 0.5) is 24.7 Å². The molecular formula is C23H22F3N5O5. The monoisotopic (exact) mass is 505 g/mol. The van der Waals surface area contributed by atoms with E-state index in [1.807, 2.05) is 0 Å². The Hall–Kier alpha value is -3.89. The highest BCUT2D eigenvalue weighted by Gasteiger charge is 2.51. The van der Waals surface area contributed by atoms with Crippen molar-refractivity contribution in [2.24, 2.45) is 0 Å². The molecule has 1 saturated heterocycles. The zero-order valence-corrected chi connectivity index (χ0v) is 19.0. The van der Waals surface area contributed by atoms with E-state index in [1.54, 1.807) is 6.07 Å². The zero-order valence-electron chi connectivity index (χ0n) is 19.0. The molecule has 0 amide bonds. The molecule has 10 nitrogen and oxygen atoms in total. The fourth-order valence-electron chi connectivity index (χ4n) is 4.24. The predicted octanol–water partition coefficient (Wildman–Crippen LogP) is 3.11. The number of carboxylic acids is 1. The first-order valence-electron chi connectivity index (χ1n) is 10.9. The number of aliphatic carboxylic acids is 1. The molecule has 13 heteroatoms. The fourth-order valence-corrected chi connectivity index (χ4v) is 4.24. The lowest BCUT2D eigenvalue weighted by atomic mass is 9.87. The van der Waals surface area contributed by atoms with Crippen molar-refractivity contribution in [3.63, 3.8) is 0 Å². The third-order valence-corrected chi connectivity index (χ3v) is 6.42. The molecule has 0 spiro atoms. The molecule has 1 fully saturated rings.